The fourth-order valence-corrected chi connectivity index (χ4v) is 12.3. The Hall–Kier alpha value is -7.10. The molecule has 4 aliphatic rings. The second-order valence-corrected chi connectivity index (χ2v) is 17.5. The second kappa shape index (κ2) is 10.9. The van der Waals surface area contributed by atoms with E-state index in [0.717, 1.165) is 0 Å². The number of rotatable bonds is 2. The van der Waals surface area contributed by atoms with E-state index in [1.165, 1.54) is 116 Å². The molecule has 4 heterocycles. The third-order valence-electron chi connectivity index (χ3n) is 14.6. The summed E-state index contributed by atoms with van der Waals surface area (Å²) in [6, 6.07) is 71.6. The van der Waals surface area contributed by atoms with Crippen molar-refractivity contribution in [3.63, 3.8) is 0 Å². The molecule has 1 aliphatic carbocycles. The first-order valence-corrected chi connectivity index (χ1v) is 21.0. The van der Waals surface area contributed by atoms with E-state index in [2.05, 4.69) is 211 Å². The molecular weight excluding hydrogens is 711 g/mol. The lowest BCUT2D eigenvalue weighted by Crippen LogP contribution is -2.62. The van der Waals surface area contributed by atoms with E-state index in [0.29, 0.717) is 0 Å². The van der Waals surface area contributed by atoms with Crippen LogP contribution in [0.5, 0.6) is 0 Å². The van der Waals surface area contributed by atoms with Crippen LogP contribution in [0.4, 0.5) is 11.4 Å². The monoisotopic (exact) mass is 748 g/mol. The lowest BCUT2D eigenvalue weighted by Gasteiger charge is -2.52. The number of para-hydroxylation sites is 3. The molecule has 0 atom stereocenters. The van der Waals surface area contributed by atoms with Crippen LogP contribution < -0.4 is 15.7 Å². The molecule has 3 heteroatoms. The van der Waals surface area contributed by atoms with Crippen molar-refractivity contribution in [2.45, 2.75) is 24.7 Å². The maximum absolute atomic E-state index is 2.75. The average Bonchev–Trinajstić information content (AvgIpc) is 3.73. The molecule has 0 spiro atoms. The van der Waals surface area contributed by atoms with Crippen LogP contribution in [0.15, 0.2) is 188 Å². The quantitative estimate of drug-likeness (QED) is 0.160. The minimum absolute atomic E-state index is 0.0598. The lowest BCUT2D eigenvalue weighted by atomic mass is 9.42. The van der Waals surface area contributed by atoms with Crippen molar-refractivity contribution in [1.82, 2.24) is 4.57 Å². The van der Waals surface area contributed by atoms with Crippen LogP contribution in [0, 0.1) is 0 Å². The summed E-state index contributed by atoms with van der Waals surface area (Å²) >= 11 is 0. The molecule has 0 amide bonds. The van der Waals surface area contributed by atoms with Crippen LogP contribution in [-0.2, 0) is 10.8 Å². The SMILES string of the molecule is CC1(C)c2ccccc2-c2c1cc1c3c2-c2cccc4c2N(B3c2cccc3c5cc6ccccc6cc5n-1c23)c1ccccc1C4(c1ccccc1)c1ccccc1. The molecule has 9 aromatic carbocycles. The van der Waals surface area contributed by atoms with E-state index in [9.17, 15) is 0 Å². The Balaban J connectivity index is 1.22. The standard InChI is InChI=1S/C56H37BN2/c1-55(2)42-26-12-11-23-39(42)50-45(55)33-49-52-51(50)40-25-15-28-44-53(40)59(47-30-14-13-27-43(47)56(44,36-19-5-3-6-20-36)37-21-7-4-8-22-37)57(52)46-29-16-24-38-41-31-34-17-9-10-18-35(34)32-48(41)58(49)54(38)46/h3-33H,1-2H3. The molecule has 14 rings (SSSR count). The lowest BCUT2D eigenvalue weighted by molar-refractivity contribution is 0.660. The number of benzene rings is 9. The van der Waals surface area contributed by atoms with Crippen molar-refractivity contribution < 1.29 is 0 Å². The predicted octanol–water partition coefficient (Wildman–Crippen LogP) is 12.2. The summed E-state index contributed by atoms with van der Waals surface area (Å²) in [6.07, 6.45) is 0. The Morgan fingerprint density at radius 2 is 1.08 bits per heavy atom. The first kappa shape index (κ1) is 31.9. The Kier molecular flexibility index (Phi) is 5.89. The molecule has 10 aromatic rings. The molecule has 0 bridgehead atoms. The number of fused-ring (bicyclic) bond motifs is 14. The predicted molar refractivity (Wildman–Crippen MR) is 247 cm³/mol. The zero-order valence-corrected chi connectivity index (χ0v) is 32.9. The van der Waals surface area contributed by atoms with E-state index in [4.69, 9.17) is 0 Å². The topological polar surface area (TPSA) is 8.17 Å². The van der Waals surface area contributed by atoms with Gasteiger partial charge in [0, 0.05) is 38.8 Å². The molecular formula is C56H37BN2. The van der Waals surface area contributed by atoms with Gasteiger partial charge in [-0.1, -0.05) is 178 Å². The van der Waals surface area contributed by atoms with Gasteiger partial charge in [0.2, 0.25) is 0 Å². The number of hydrogen-bond acceptors (Lipinski definition) is 1. The molecule has 274 valence electrons. The number of nitrogens with zero attached hydrogens (tertiary/aromatic N) is 2. The van der Waals surface area contributed by atoms with Gasteiger partial charge in [-0.2, -0.15) is 0 Å². The highest BCUT2D eigenvalue weighted by atomic mass is 15.1. The van der Waals surface area contributed by atoms with Gasteiger partial charge in [0.05, 0.1) is 16.4 Å². The fourth-order valence-electron chi connectivity index (χ4n) is 12.3. The van der Waals surface area contributed by atoms with Crippen LogP contribution in [0.25, 0.3) is 60.5 Å². The third-order valence-corrected chi connectivity index (χ3v) is 14.6. The van der Waals surface area contributed by atoms with Crippen molar-refractivity contribution in [3.8, 4) is 27.9 Å². The zero-order valence-electron chi connectivity index (χ0n) is 32.9. The molecule has 0 radical (unpaired) electrons. The van der Waals surface area contributed by atoms with E-state index in [-0.39, 0.29) is 12.3 Å². The zero-order chi connectivity index (χ0) is 38.8. The second-order valence-electron chi connectivity index (χ2n) is 17.5. The van der Waals surface area contributed by atoms with Crippen LogP contribution in [0.1, 0.15) is 47.2 Å². The van der Waals surface area contributed by atoms with Gasteiger partial charge in [0.1, 0.15) is 0 Å². The smallest absolute Gasteiger partial charge is 0.333 e. The molecule has 2 nitrogen and oxygen atoms in total. The van der Waals surface area contributed by atoms with Gasteiger partial charge in [0.15, 0.2) is 0 Å². The molecule has 0 unspecified atom stereocenters. The first-order valence-electron chi connectivity index (χ1n) is 21.0. The maximum Gasteiger partial charge on any atom is 0.333 e. The molecule has 3 aliphatic heterocycles. The van der Waals surface area contributed by atoms with Crippen molar-refractivity contribution in [2.75, 3.05) is 4.81 Å². The van der Waals surface area contributed by atoms with Gasteiger partial charge in [-0.3, -0.25) is 0 Å². The van der Waals surface area contributed by atoms with E-state index in [1.807, 2.05) is 0 Å². The summed E-state index contributed by atoms with van der Waals surface area (Å²) in [5, 5.41) is 5.16. The van der Waals surface area contributed by atoms with Crippen molar-refractivity contribution in [3.05, 3.63) is 221 Å². The van der Waals surface area contributed by atoms with Gasteiger partial charge in [-0.15, -0.1) is 0 Å². The van der Waals surface area contributed by atoms with Gasteiger partial charge < -0.3 is 9.38 Å². The van der Waals surface area contributed by atoms with Crippen LogP contribution in [0.2, 0.25) is 0 Å². The largest absolute Gasteiger partial charge is 0.376 e. The Morgan fingerprint density at radius 1 is 0.458 bits per heavy atom. The van der Waals surface area contributed by atoms with Gasteiger partial charge in [-0.25, -0.2) is 0 Å². The summed E-state index contributed by atoms with van der Waals surface area (Å²) in [4.78, 5) is 2.75. The van der Waals surface area contributed by atoms with Crippen LogP contribution in [0.3, 0.4) is 0 Å². The van der Waals surface area contributed by atoms with Crippen molar-refractivity contribution in [2.24, 2.45) is 0 Å². The van der Waals surface area contributed by atoms with Crippen LogP contribution in [-0.4, -0.2) is 11.4 Å². The van der Waals surface area contributed by atoms with Crippen molar-refractivity contribution >= 4 is 61.7 Å². The molecule has 59 heavy (non-hydrogen) atoms. The van der Waals surface area contributed by atoms with E-state index >= 15 is 0 Å². The highest BCUT2D eigenvalue weighted by Gasteiger charge is 2.54. The minimum Gasteiger partial charge on any atom is -0.376 e. The number of aromatic nitrogens is 1. The third kappa shape index (κ3) is 3.68. The maximum atomic E-state index is 2.75. The first-order chi connectivity index (χ1) is 29.1. The van der Waals surface area contributed by atoms with Crippen molar-refractivity contribution in [1.29, 1.82) is 0 Å². The molecule has 0 saturated carbocycles. The summed E-state index contributed by atoms with van der Waals surface area (Å²) in [6.45, 7) is 4.81. The van der Waals surface area contributed by atoms with E-state index < -0.39 is 5.41 Å². The fraction of sp³-hybridized carbons (Fsp3) is 0.0714. The van der Waals surface area contributed by atoms with Gasteiger partial charge in [-0.05, 0) is 96.0 Å². The molecule has 0 N–H and O–H groups in total. The van der Waals surface area contributed by atoms with Gasteiger partial charge in [0.25, 0.3) is 0 Å². The molecule has 1 aromatic heterocycles. The van der Waals surface area contributed by atoms with Crippen LogP contribution >= 0.6 is 0 Å². The normalized spacial score (nSPS) is 15.5. The van der Waals surface area contributed by atoms with Gasteiger partial charge >= 0.3 is 6.85 Å². The average molecular weight is 749 g/mol. The highest BCUT2D eigenvalue weighted by Crippen LogP contribution is 2.62. The number of hydrogen-bond donors (Lipinski definition) is 0. The number of anilines is 2. The van der Waals surface area contributed by atoms with E-state index in [1.54, 1.807) is 0 Å². The summed E-state index contributed by atoms with van der Waals surface area (Å²) in [7, 11) is 0. The summed E-state index contributed by atoms with van der Waals surface area (Å²) < 4.78 is 2.64. The summed E-state index contributed by atoms with van der Waals surface area (Å²) in [5.41, 5.74) is 21.9. The Labute approximate surface area is 343 Å². The minimum atomic E-state index is -0.550. The Morgan fingerprint density at radius 3 is 1.86 bits per heavy atom. The highest BCUT2D eigenvalue weighted by molar-refractivity contribution is 6.94. The summed E-state index contributed by atoms with van der Waals surface area (Å²) in [5.74, 6) is 0. The molecule has 0 fully saturated rings. The Bertz CT molecular complexity index is 3450. The molecule has 0 saturated heterocycles.